The summed E-state index contributed by atoms with van der Waals surface area (Å²) < 4.78 is 11.0. The predicted octanol–water partition coefficient (Wildman–Crippen LogP) is 2.73. The lowest BCUT2D eigenvalue weighted by Crippen LogP contribution is -2.46. The third kappa shape index (κ3) is 3.73. The monoisotopic (exact) mass is 365 g/mol. The van der Waals surface area contributed by atoms with Crippen molar-refractivity contribution in [3.05, 3.63) is 42.9 Å². The zero-order chi connectivity index (χ0) is 18.1. The number of nitrogens with zero attached hydrogens (tertiary/aromatic N) is 5. The molecule has 0 atom stereocenters. The van der Waals surface area contributed by atoms with Gasteiger partial charge in [-0.2, -0.15) is 0 Å². The fourth-order valence-electron chi connectivity index (χ4n) is 3.52. The quantitative estimate of drug-likeness (QED) is 0.665. The van der Waals surface area contributed by atoms with Gasteiger partial charge < -0.3 is 14.1 Å². The lowest BCUT2D eigenvalue weighted by Gasteiger charge is -2.35. The summed E-state index contributed by atoms with van der Waals surface area (Å²) >= 11 is 0. The molecule has 2 aliphatic rings. The van der Waals surface area contributed by atoms with Gasteiger partial charge in [0.15, 0.2) is 6.39 Å². The highest BCUT2D eigenvalue weighted by Crippen LogP contribution is 2.32. The third-order valence-corrected chi connectivity index (χ3v) is 5.34. The molecule has 1 saturated carbocycles. The summed E-state index contributed by atoms with van der Waals surface area (Å²) in [6.07, 6.45) is 7.34. The molecule has 27 heavy (non-hydrogen) atoms. The van der Waals surface area contributed by atoms with Crippen molar-refractivity contribution >= 4 is 16.6 Å². The van der Waals surface area contributed by atoms with Gasteiger partial charge in [0.05, 0.1) is 23.2 Å². The van der Waals surface area contributed by atoms with Crippen LogP contribution in [0.15, 0.2) is 41.6 Å². The topological polar surface area (TPSA) is 67.5 Å². The summed E-state index contributed by atoms with van der Waals surface area (Å²) in [6.45, 7) is 5.57. The molecule has 1 aliphatic heterocycles. The Hall–Kier alpha value is -2.67. The molecule has 0 bridgehead atoms. The molecule has 1 aliphatic carbocycles. The van der Waals surface area contributed by atoms with Gasteiger partial charge in [-0.25, -0.2) is 15.0 Å². The molecule has 7 heteroatoms. The average molecular weight is 365 g/mol. The van der Waals surface area contributed by atoms with E-state index in [-0.39, 0.29) is 0 Å². The van der Waals surface area contributed by atoms with E-state index in [4.69, 9.17) is 9.15 Å². The van der Waals surface area contributed by atoms with Gasteiger partial charge in [0.25, 0.3) is 0 Å². The van der Waals surface area contributed by atoms with Crippen LogP contribution in [-0.4, -0.2) is 52.6 Å². The zero-order valence-corrected chi connectivity index (χ0v) is 15.3. The molecular weight excluding hydrogens is 342 g/mol. The molecule has 0 spiro atoms. The predicted molar refractivity (Wildman–Crippen MR) is 102 cm³/mol. The maximum Gasteiger partial charge on any atom is 0.224 e. The second kappa shape index (κ2) is 7.15. The molecule has 2 fully saturated rings. The lowest BCUT2D eigenvalue weighted by atomic mass is 10.2. The molecule has 140 valence electrons. The highest BCUT2D eigenvalue weighted by molar-refractivity contribution is 5.86. The molecule has 3 aromatic rings. The second-order valence-electron chi connectivity index (χ2n) is 7.38. The van der Waals surface area contributed by atoms with Crippen molar-refractivity contribution in [2.24, 2.45) is 5.92 Å². The Labute approximate surface area is 158 Å². The van der Waals surface area contributed by atoms with Crippen LogP contribution in [0.4, 0.5) is 5.69 Å². The molecule has 0 unspecified atom stereocenters. The molecule has 1 aromatic carbocycles. The summed E-state index contributed by atoms with van der Waals surface area (Å²) in [4.78, 5) is 17.8. The first-order chi connectivity index (χ1) is 13.3. The molecular formula is C20H23N5O2. The Kier molecular flexibility index (Phi) is 4.37. The summed E-state index contributed by atoms with van der Waals surface area (Å²) in [7, 11) is 0. The number of ether oxygens (including phenoxy) is 1. The van der Waals surface area contributed by atoms with Crippen molar-refractivity contribution in [3.8, 4) is 5.88 Å². The van der Waals surface area contributed by atoms with E-state index in [1.807, 2.05) is 0 Å². The number of hydrogen-bond acceptors (Lipinski definition) is 7. The lowest BCUT2D eigenvalue weighted by molar-refractivity contribution is 0.247. The van der Waals surface area contributed by atoms with Crippen LogP contribution in [0.2, 0.25) is 0 Å². The van der Waals surface area contributed by atoms with Crippen LogP contribution in [0.3, 0.4) is 0 Å². The van der Waals surface area contributed by atoms with Crippen molar-refractivity contribution in [1.29, 1.82) is 0 Å². The number of rotatable bonds is 6. The van der Waals surface area contributed by atoms with Crippen LogP contribution in [0.5, 0.6) is 5.88 Å². The Morgan fingerprint density at radius 3 is 2.74 bits per heavy atom. The normalized spacial score (nSPS) is 18.1. The molecule has 7 nitrogen and oxygen atoms in total. The van der Waals surface area contributed by atoms with Gasteiger partial charge in [0.2, 0.25) is 5.88 Å². The summed E-state index contributed by atoms with van der Waals surface area (Å²) in [5.74, 6) is 1.41. The summed E-state index contributed by atoms with van der Waals surface area (Å²) in [5.41, 5.74) is 3.13. The molecule has 5 rings (SSSR count). The van der Waals surface area contributed by atoms with Crippen LogP contribution in [0, 0.1) is 5.92 Å². The largest absolute Gasteiger partial charge is 0.477 e. The Morgan fingerprint density at radius 1 is 1.07 bits per heavy atom. The fourth-order valence-corrected chi connectivity index (χ4v) is 3.52. The summed E-state index contributed by atoms with van der Waals surface area (Å²) in [6, 6.07) is 6.39. The first-order valence-electron chi connectivity index (χ1n) is 9.57. The van der Waals surface area contributed by atoms with E-state index < -0.39 is 0 Å². The summed E-state index contributed by atoms with van der Waals surface area (Å²) in [5, 5.41) is 1.00. The third-order valence-electron chi connectivity index (χ3n) is 5.34. The minimum atomic E-state index is 0.705. The van der Waals surface area contributed by atoms with Crippen LogP contribution >= 0.6 is 0 Å². The van der Waals surface area contributed by atoms with Crippen LogP contribution in [0.25, 0.3) is 10.9 Å². The van der Waals surface area contributed by atoms with E-state index in [0.29, 0.717) is 11.8 Å². The Bertz CT molecular complexity index is 902. The van der Waals surface area contributed by atoms with Crippen molar-refractivity contribution < 1.29 is 9.15 Å². The van der Waals surface area contributed by atoms with Crippen LogP contribution < -0.4 is 9.64 Å². The average Bonchev–Trinajstić information content (AvgIpc) is 3.41. The van der Waals surface area contributed by atoms with Crippen LogP contribution in [0.1, 0.15) is 18.5 Å². The number of benzene rings is 1. The smallest absolute Gasteiger partial charge is 0.224 e. The number of fused-ring (bicyclic) bond motifs is 1. The van der Waals surface area contributed by atoms with Crippen molar-refractivity contribution in [2.75, 3.05) is 37.7 Å². The SMILES string of the molecule is c1nc(OCC2CC2)c2cc(N3CCN(Cc4cocn4)CC3)ccc2n1. The Morgan fingerprint density at radius 2 is 1.96 bits per heavy atom. The van der Waals surface area contributed by atoms with Crippen molar-refractivity contribution in [1.82, 2.24) is 19.9 Å². The molecule has 1 saturated heterocycles. The molecule has 0 N–H and O–H groups in total. The minimum absolute atomic E-state index is 0.705. The van der Waals surface area contributed by atoms with E-state index in [1.165, 1.54) is 24.9 Å². The van der Waals surface area contributed by atoms with E-state index in [1.54, 1.807) is 12.6 Å². The van der Waals surface area contributed by atoms with Crippen molar-refractivity contribution in [2.45, 2.75) is 19.4 Å². The minimum Gasteiger partial charge on any atom is -0.477 e. The molecule has 3 heterocycles. The number of anilines is 1. The van der Waals surface area contributed by atoms with E-state index in [9.17, 15) is 0 Å². The van der Waals surface area contributed by atoms with Gasteiger partial charge in [-0.1, -0.05) is 0 Å². The van der Waals surface area contributed by atoms with E-state index in [0.717, 1.165) is 55.9 Å². The highest BCUT2D eigenvalue weighted by atomic mass is 16.5. The van der Waals surface area contributed by atoms with Crippen LogP contribution in [-0.2, 0) is 6.54 Å². The van der Waals surface area contributed by atoms with Gasteiger partial charge >= 0.3 is 0 Å². The first kappa shape index (κ1) is 16.5. The van der Waals surface area contributed by atoms with Gasteiger partial charge in [-0.15, -0.1) is 0 Å². The number of oxazole rings is 1. The molecule has 0 radical (unpaired) electrons. The first-order valence-corrected chi connectivity index (χ1v) is 9.57. The van der Waals surface area contributed by atoms with Gasteiger partial charge in [0, 0.05) is 38.4 Å². The zero-order valence-electron chi connectivity index (χ0n) is 15.3. The molecule has 2 aromatic heterocycles. The maximum absolute atomic E-state index is 5.97. The van der Waals surface area contributed by atoms with Gasteiger partial charge in [-0.3, -0.25) is 4.90 Å². The van der Waals surface area contributed by atoms with E-state index >= 15 is 0 Å². The molecule has 0 amide bonds. The standard InChI is InChI=1S/C20H23N5O2/c1-2-15(1)11-27-20-18-9-17(3-4-19(18)21-13-22-20)25-7-5-24(6-8-25)10-16-12-26-14-23-16/h3-4,9,12-15H,1-2,5-8,10-11H2. The maximum atomic E-state index is 5.97. The number of aromatic nitrogens is 3. The Balaban J connectivity index is 1.29. The fraction of sp³-hybridized carbons (Fsp3) is 0.450. The van der Waals surface area contributed by atoms with Crippen molar-refractivity contribution in [3.63, 3.8) is 0 Å². The van der Waals surface area contributed by atoms with Gasteiger partial charge in [-0.05, 0) is 37.0 Å². The highest BCUT2D eigenvalue weighted by Gasteiger charge is 2.23. The van der Waals surface area contributed by atoms with Gasteiger partial charge in [0.1, 0.15) is 12.6 Å². The number of hydrogen-bond donors (Lipinski definition) is 0. The number of piperazine rings is 1. The second-order valence-corrected chi connectivity index (χ2v) is 7.38. The van der Waals surface area contributed by atoms with E-state index in [2.05, 4.69) is 43.0 Å².